The average molecular weight is 1000 g/mol. The van der Waals surface area contributed by atoms with Gasteiger partial charge in [-0.05, 0) is 169 Å². The van der Waals surface area contributed by atoms with E-state index in [1.54, 1.807) is 0 Å². The molecular formula is C62H104N4O6. The number of nitrogens with one attached hydrogen (secondary N) is 4. The van der Waals surface area contributed by atoms with E-state index in [1.807, 2.05) is 6.92 Å². The second kappa shape index (κ2) is 20.3. The minimum atomic E-state index is 0.230. The van der Waals surface area contributed by atoms with Gasteiger partial charge >= 0.3 is 0 Å². The molecule has 4 amide bonds. The van der Waals surface area contributed by atoms with Crippen molar-refractivity contribution in [3.8, 4) is 0 Å². The van der Waals surface area contributed by atoms with Gasteiger partial charge in [0.15, 0.2) is 0 Å². The van der Waals surface area contributed by atoms with Crippen LogP contribution in [0.3, 0.4) is 0 Å². The third-order valence-electron chi connectivity index (χ3n) is 23.2. The Kier molecular flexibility index (Phi) is 16.1. The van der Waals surface area contributed by atoms with E-state index in [2.05, 4.69) is 139 Å². The van der Waals surface area contributed by atoms with E-state index in [0.29, 0.717) is 104 Å². The zero-order valence-electron chi connectivity index (χ0n) is 48.7. The van der Waals surface area contributed by atoms with Gasteiger partial charge in [-0.2, -0.15) is 0 Å². The van der Waals surface area contributed by atoms with Crippen LogP contribution in [0, 0.1) is 121 Å². The molecule has 408 valence electrons. The maximum atomic E-state index is 11.7. The predicted molar refractivity (Wildman–Crippen MR) is 288 cm³/mol. The Morgan fingerprint density at radius 3 is 1.72 bits per heavy atom. The zero-order chi connectivity index (χ0) is 53.6. The van der Waals surface area contributed by atoms with Gasteiger partial charge in [-0.25, -0.2) is 0 Å². The van der Waals surface area contributed by atoms with Crippen molar-refractivity contribution in [2.75, 3.05) is 6.54 Å². The lowest BCUT2D eigenvalue weighted by atomic mass is 9.82. The van der Waals surface area contributed by atoms with Crippen LogP contribution in [0.5, 0.6) is 0 Å². The van der Waals surface area contributed by atoms with Gasteiger partial charge in [0, 0.05) is 74.0 Å². The summed E-state index contributed by atoms with van der Waals surface area (Å²) < 4.78 is 0. The summed E-state index contributed by atoms with van der Waals surface area (Å²) in [7, 11) is 0. The molecule has 8 aliphatic carbocycles. The summed E-state index contributed by atoms with van der Waals surface area (Å²) in [6.07, 6.45) is 14.0. The molecule has 4 saturated heterocycles. The number of rotatable bonds is 2. The van der Waals surface area contributed by atoms with E-state index in [9.17, 15) is 28.8 Å². The summed E-state index contributed by atoms with van der Waals surface area (Å²) in [5.74, 6) is 11.3. The molecule has 18 atom stereocenters. The second-order valence-corrected chi connectivity index (χ2v) is 29.7. The second-order valence-electron chi connectivity index (χ2n) is 29.7. The van der Waals surface area contributed by atoms with Crippen molar-refractivity contribution in [1.82, 2.24) is 21.3 Å². The van der Waals surface area contributed by atoms with Gasteiger partial charge in [0.1, 0.15) is 11.6 Å². The summed E-state index contributed by atoms with van der Waals surface area (Å²) >= 11 is 0. The molecule has 12 rings (SSSR count). The standard InChI is InChI=1S/2C11H18O.4C10H17NO/c1-7-6-9-8(11(9,2)3)4-5-10(7)12;1-7-4-5-8-10(9(12)6-7)11(8,2)3;1-6-4-7-8(10(7,2)3)5-9(12)11-6;1-6(2)10-4-8(10)7(3)9(12)11-5-10;1-6(2)10-4-8(10)7(3)11-9(12)5-10;1-6-4-5-7-8(10(7,2)3)11-9(6)12/h7-9H,4-6H2,1-3H3;7-8,10H,4-6H2,1-3H3;4*6-8H,4-5H2,1-3H3,(H,11,12). The molecule has 8 saturated carbocycles. The molecule has 12 fully saturated rings. The van der Waals surface area contributed by atoms with Crippen LogP contribution < -0.4 is 21.3 Å². The van der Waals surface area contributed by atoms with E-state index < -0.39 is 0 Å². The lowest BCUT2D eigenvalue weighted by Gasteiger charge is -2.29. The van der Waals surface area contributed by atoms with Crippen LogP contribution in [0.2, 0.25) is 0 Å². The number of Topliss-reactive ketones (excluding diaryl/α,β-unsaturated/α-hetero) is 2. The third-order valence-corrected chi connectivity index (χ3v) is 23.2. The number of fused-ring (bicyclic) bond motifs is 6. The fourth-order valence-corrected chi connectivity index (χ4v) is 16.5. The molecule has 18 unspecified atom stereocenters. The largest absolute Gasteiger partial charge is 0.355 e. The van der Waals surface area contributed by atoms with E-state index >= 15 is 0 Å². The quantitative estimate of drug-likeness (QED) is 0.216. The van der Waals surface area contributed by atoms with Crippen molar-refractivity contribution in [3.05, 3.63) is 0 Å². The smallest absolute Gasteiger partial charge is 0.223 e. The first-order valence-electron chi connectivity index (χ1n) is 29.5. The molecule has 0 bridgehead atoms. The summed E-state index contributed by atoms with van der Waals surface area (Å²) in [4.78, 5) is 68.4. The van der Waals surface area contributed by atoms with Crippen LogP contribution in [0.15, 0.2) is 0 Å². The highest BCUT2D eigenvalue weighted by molar-refractivity contribution is 5.86. The number of amides is 4. The summed E-state index contributed by atoms with van der Waals surface area (Å²) in [5, 5.41) is 12.1. The minimum Gasteiger partial charge on any atom is -0.355 e. The minimum absolute atomic E-state index is 0.230. The van der Waals surface area contributed by atoms with E-state index in [1.165, 1.54) is 38.5 Å². The van der Waals surface area contributed by atoms with Gasteiger partial charge in [0.05, 0.1) is 0 Å². The maximum absolute atomic E-state index is 11.7. The van der Waals surface area contributed by atoms with Crippen LogP contribution in [-0.2, 0) is 28.8 Å². The van der Waals surface area contributed by atoms with Crippen LogP contribution in [0.4, 0.5) is 0 Å². The molecule has 12 aliphatic rings. The normalized spacial score (nSPS) is 44.9. The Labute approximate surface area is 437 Å². The molecule has 0 spiro atoms. The molecule has 0 aromatic rings. The monoisotopic (exact) mass is 1000 g/mol. The van der Waals surface area contributed by atoms with Crippen molar-refractivity contribution in [3.63, 3.8) is 0 Å². The number of piperidine rings is 2. The fraction of sp³-hybridized carbons (Fsp3) is 0.903. The molecule has 0 aromatic carbocycles. The molecule has 4 heterocycles. The highest BCUT2D eigenvalue weighted by Gasteiger charge is 2.64. The highest BCUT2D eigenvalue weighted by Crippen LogP contribution is 2.66. The number of hydrogen-bond acceptors (Lipinski definition) is 6. The average Bonchev–Trinajstić information content (AvgIpc) is 4.02. The van der Waals surface area contributed by atoms with Crippen LogP contribution >= 0.6 is 0 Å². The number of carbonyl (C=O) groups excluding carboxylic acids is 6. The molecule has 0 aromatic heterocycles. The Hall–Kier alpha value is -2.78. The van der Waals surface area contributed by atoms with Gasteiger partial charge in [-0.1, -0.05) is 111 Å². The predicted octanol–water partition coefficient (Wildman–Crippen LogP) is 11.4. The Balaban J connectivity index is 0.000000127. The molecule has 4 N–H and O–H groups in total. The first-order chi connectivity index (χ1) is 33.2. The van der Waals surface area contributed by atoms with E-state index in [-0.39, 0.29) is 35.5 Å². The van der Waals surface area contributed by atoms with Crippen LogP contribution in [0.25, 0.3) is 0 Å². The van der Waals surface area contributed by atoms with Gasteiger partial charge in [-0.3, -0.25) is 28.8 Å². The Morgan fingerprint density at radius 2 is 1.08 bits per heavy atom. The van der Waals surface area contributed by atoms with Gasteiger partial charge in [0.2, 0.25) is 23.6 Å². The maximum Gasteiger partial charge on any atom is 0.223 e. The molecule has 72 heavy (non-hydrogen) atoms. The molecular weight excluding hydrogens is 897 g/mol. The summed E-state index contributed by atoms with van der Waals surface area (Å²) in [6, 6.07) is 1.26. The van der Waals surface area contributed by atoms with Crippen molar-refractivity contribution in [2.45, 2.75) is 226 Å². The Morgan fingerprint density at radius 1 is 0.486 bits per heavy atom. The molecule has 0 radical (unpaired) electrons. The summed E-state index contributed by atoms with van der Waals surface area (Å²) in [5.41, 5.74) is 2.54. The van der Waals surface area contributed by atoms with Gasteiger partial charge in [0.25, 0.3) is 0 Å². The third kappa shape index (κ3) is 11.3. The Bertz CT molecular complexity index is 2060. The molecule has 4 aliphatic heterocycles. The van der Waals surface area contributed by atoms with Gasteiger partial charge in [-0.15, -0.1) is 0 Å². The van der Waals surface area contributed by atoms with Crippen molar-refractivity contribution >= 4 is 35.2 Å². The zero-order valence-corrected chi connectivity index (χ0v) is 48.7. The lowest BCUT2D eigenvalue weighted by molar-refractivity contribution is -0.128. The first-order valence-corrected chi connectivity index (χ1v) is 29.5. The summed E-state index contributed by atoms with van der Waals surface area (Å²) in [6.45, 7) is 40.8. The van der Waals surface area contributed by atoms with Crippen molar-refractivity contribution < 1.29 is 28.8 Å². The molecule has 10 heteroatoms. The number of carbonyl (C=O) groups is 6. The highest BCUT2D eigenvalue weighted by atomic mass is 16.2. The van der Waals surface area contributed by atoms with E-state index in [4.69, 9.17) is 0 Å². The number of hydrogen-bond donors (Lipinski definition) is 4. The fourth-order valence-electron chi connectivity index (χ4n) is 16.5. The lowest BCUT2D eigenvalue weighted by Crippen LogP contribution is -2.43. The van der Waals surface area contributed by atoms with Gasteiger partial charge < -0.3 is 21.3 Å². The topological polar surface area (TPSA) is 151 Å². The van der Waals surface area contributed by atoms with Crippen LogP contribution in [0.1, 0.15) is 208 Å². The SMILES string of the molecule is CC1C(=O)NCC2(C(C)C)CC12.CC1CC2C(CC(=O)N1)C2(C)C.CC1CC2C(CCC1=O)C2(C)C.CC1CCC2C(C(=O)C1)C2(C)C.CC1CCC2C(NC1=O)C2(C)C.CC1NC(=O)CC2(C(C)C)CC12. The van der Waals surface area contributed by atoms with Crippen LogP contribution in [-0.4, -0.2) is 59.9 Å². The van der Waals surface area contributed by atoms with Crippen molar-refractivity contribution in [1.29, 1.82) is 0 Å². The first kappa shape index (κ1) is 56.9. The molecule has 10 nitrogen and oxygen atoms in total. The van der Waals surface area contributed by atoms with Crippen molar-refractivity contribution in [2.24, 2.45) is 121 Å². The number of ketones is 2. The van der Waals surface area contributed by atoms with E-state index in [0.717, 1.165) is 87.0 Å².